The van der Waals surface area contributed by atoms with E-state index in [0.29, 0.717) is 5.92 Å². The molecule has 1 aliphatic rings. The van der Waals surface area contributed by atoms with Crippen molar-refractivity contribution in [3.05, 3.63) is 59.4 Å². The predicted molar refractivity (Wildman–Crippen MR) is 124 cm³/mol. The second-order valence-corrected chi connectivity index (χ2v) is 8.26. The Hall–Kier alpha value is -2.93. The number of benzene rings is 1. The van der Waals surface area contributed by atoms with Crippen LogP contribution in [0.1, 0.15) is 35.7 Å². The van der Waals surface area contributed by atoms with Gasteiger partial charge in [0.15, 0.2) is 5.96 Å². The van der Waals surface area contributed by atoms with Crippen molar-refractivity contribution in [2.45, 2.75) is 39.8 Å². The number of piperidine rings is 1. The number of aryl methyl sites for hydroxylation is 2. The SMILES string of the molecule is CN=C(NCc1ccnc2ccccc12)NCC1CCN(Cc2nc(C)c(C)o2)CC1. The maximum Gasteiger partial charge on any atom is 0.208 e. The van der Waals surface area contributed by atoms with Crippen LogP contribution >= 0.6 is 0 Å². The number of hydrogen-bond donors (Lipinski definition) is 2. The Morgan fingerprint density at radius 3 is 2.71 bits per heavy atom. The molecule has 0 radical (unpaired) electrons. The largest absolute Gasteiger partial charge is 0.444 e. The van der Waals surface area contributed by atoms with Crippen molar-refractivity contribution in [3.8, 4) is 0 Å². The van der Waals surface area contributed by atoms with Crippen LogP contribution in [-0.2, 0) is 13.1 Å². The Morgan fingerprint density at radius 2 is 1.97 bits per heavy atom. The molecule has 0 spiro atoms. The number of rotatable bonds is 6. The summed E-state index contributed by atoms with van der Waals surface area (Å²) in [7, 11) is 1.82. The van der Waals surface area contributed by atoms with Gasteiger partial charge in [0, 0.05) is 31.7 Å². The van der Waals surface area contributed by atoms with Crippen LogP contribution in [0.5, 0.6) is 0 Å². The second kappa shape index (κ2) is 9.92. The van der Waals surface area contributed by atoms with Crippen molar-refractivity contribution >= 4 is 16.9 Å². The Bertz CT molecular complexity index is 1010. The standard InChI is InChI=1S/C24H32N6O/c1-17-18(2)31-23(29-17)16-30-12-9-19(10-13-30)14-27-24(25-3)28-15-20-8-11-26-22-7-5-4-6-21(20)22/h4-8,11,19H,9-10,12-16H2,1-3H3,(H2,25,27,28). The topological polar surface area (TPSA) is 78.6 Å². The molecular formula is C24H32N6O. The molecule has 0 saturated carbocycles. The lowest BCUT2D eigenvalue weighted by atomic mass is 9.97. The summed E-state index contributed by atoms with van der Waals surface area (Å²) in [5.41, 5.74) is 3.23. The van der Waals surface area contributed by atoms with E-state index in [1.165, 1.54) is 10.9 Å². The van der Waals surface area contributed by atoms with Gasteiger partial charge in [-0.05, 0) is 63.4 Å². The Labute approximate surface area is 184 Å². The van der Waals surface area contributed by atoms with Gasteiger partial charge in [0.1, 0.15) is 5.76 Å². The minimum Gasteiger partial charge on any atom is -0.444 e. The summed E-state index contributed by atoms with van der Waals surface area (Å²) in [5.74, 6) is 3.24. The zero-order valence-corrected chi connectivity index (χ0v) is 18.7. The zero-order valence-electron chi connectivity index (χ0n) is 18.7. The van der Waals surface area contributed by atoms with Gasteiger partial charge in [-0.2, -0.15) is 0 Å². The maximum atomic E-state index is 5.73. The summed E-state index contributed by atoms with van der Waals surface area (Å²) < 4.78 is 5.73. The van der Waals surface area contributed by atoms with Crippen molar-refractivity contribution in [2.75, 3.05) is 26.7 Å². The van der Waals surface area contributed by atoms with E-state index in [0.717, 1.165) is 74.4 Å². The molecule has 0 amide bonds. The number of aromatic nitrogens is 2. The van der Waals surface area contributed by atoms with Crippen LogP contribution < -0.4 is 10.6 Å². The third-order valence-corrected chi connectivity index (χ3v) is 6.11. The quantitative estimate of drug-likeness (QED) is 0.470. The monoisotopic (exact) mass is 420 g/mol. The molecule has 1 aliphatic heterocycles. The Kier molecular flexibility index (Phi) is 6.82. The van der Waals surface area contributed by atoms with Crippen LogP contribution in [0.3, 0.4) is 0 Å². The molecule has 2 N–H and O–H groups in total. The molecule has 31 heavy (non-hydrogen) atoms. The van der Waals surface area contributed by atoms with Crippen LogP contribution in [0.15, 0.2) is 45.9 Å². The van der Waals surface area contributed by atoms with Crippen LogP contribution in [0.25, 0.3) is 10.9 Å². The summed E-state index contributed by atoms with van der Waals surface area (Å²) >= 11 is 0. The van der Waals surface area contributed by atoms with Crippen LogP contribution in [0, 0.1) is 19.8 Å². The van der Waals surface area contributed by atoms with Crippen molar-refractivity contribution in [2.24, 2.45) is 10.9 Å². The Balaban J connectivity index is 1.22. The molecule has 1 fully saturated rings. The lowest BCUT2D eigenvalue weighted by molar-refractivity contribution is 0.164. The first-order valence-corrected chi connectivity index (χ1v) is 11.0. The number of nitrogens with zero attached hydrogens (tertiary/aromatic N) is 4. The average molecular weight is 421 g/mol. The minimum absolute atomic E-state index is 0.643. The van der Waals surface area contributed by atoms with Gasteiger partial charge >= 0.3 is 0 Å². The number of hydrogen-bond acceptors (Lipinski definition) is 5. The highest BCUT2D eigenvalue weighted by atomic mass is 16.4. The molecule has 0 bridgehead atoms. The Morgan fingerprint density at radius 1 is 1.16 bits per heavy atom. The highest BCUT2D eigenvalue weighted by molar-refractivity contribution is 5.83. The van der Waals surface area contributed by atoms with Crippen molar-refractivity contribution in [1.29, 1.82) is 0 Å². The smallest absolute Gasteiger partial charge is 0.208 e. The van der Waals surface area contributed by atoms with Crippen LogP contribution in [0.2, 0.25) is 0 Å². The van der Waals surface area contributed by atoms with E-state index in [-0.39, 0.29) is 0 Å². The fraction of sp³-hybridized carbons (Fsp3) is 0.458. The molecule has 1 saturated heterocycles. The minimum atomic E-state index is 0.643. The molecule has 4 rings (SSSR count). The van der Waals surface area contributed by atoms with Crippen molar-refractivity contribution < 1.29 is 4.42 Å². The molecule has 1 aromatic carbocycles. The second-order valence-electron chi connectivity index (χ2n) is 8.26. The first-order valence-electron chi connectivity index (χ1n) is 11.0. The van der Waals surface area contributed by atoms with Gasteiger partial charge in [0.25, 0.3) is 0 Å². The number of pyridine rings is 1. The molecule has 7 nitrogen and oxygen atoms in total. The maximum absolute atomic E-state index is 5.73. The third-order valence-electron chi connectivity index (χ3n) is 6.11. The first kappa shape index (κ1) is 21.3. The number of oxazole rings is 1. The molecule has 7 heteroatoms. The highest BCUT2D eigenvalue weighted by Gasteiger charge is 2.21. The molecule has 0 aliphatic carbocycles. The molecule has 2 aromatic heterocycles. The molecule has 164 valence electrons. The van der Waals surface area contributed by atoms with E-state index >= 15 is 0 Å². The number of fused-ring (bicyclic) bond motifs is 1. The lowest BCUT2D eigenvalue weighted by Crippen LogP contribution is -2.42. The van der Waals surface area contributed by atoms with Gasteiger partial charge in [-0.3, -0.25) is 14.9 Å². The van der Waals surface area contributed by atoms with Crippen molar-refractivity contribution in [1.82, 2.24) is 25.5 Å². The van der Waals surface area contributed by atoms with E-state index in [1.807, 2.05) is 39.2 Å². The number of nitrogens with one attached hydrogen (secondary N) is 2. The fourth-order valence-corrected chi connectivity index (χ4v) is 4.10. The average Bonchev–Trinajstić information content (AvgIpc) is 3.11. The molecule has 3 heterocycles. The summed E-state index contributed by atoms with van der Waals surface area (Å²) in [6.07, 6.45) is 4.19. The summed E-state index contributed by atoms with van der Waals surface area (Å²) in [5, 5.41) is 8.13. The van der Waals surface area contributed by atoms with Gasteiger partial charge < -0.3 is 15.1 Å². The summed E-state index contributed by atoms with van der Waals surface area (Å²) in [6, 6.07) is 10.3. The summed E-state index contributed by atoms with van der Waals surface area (Å²) in [6.45, 7) is 8.57. The van der Waals surface area contributed by atoms with E-state index < -0.39 is 0 Å². The number of guanidine groups is 1. The normalized spacial score (nSPS) is 16.0. The van der Waals surface area contributed by atoms with Crippen molar-refractivity contribution in [3.63, 3.8) is 0 Å². The van der Waals surface area contributed by atoms with Gasteiger partial charge in [0.05, 0.1) is 17.8 Å². The van der Waals surface area contributed by atoms with Gasteiger partial charge in [0.2, 0.25) is 5.89 Å². The zero-order chi connectivity index (χ0) is 21.6. The molecule has 0 unspecified atom stereocenters. The fourth-order valence-electron chi connectivity index (χ4n) is 4.10. The van der Waals surface area contributed by atoms with E-state index in [4.69, 9.17) is 4.42 Å². The van der Waals surface area contributed by atoms with Gasteiger partial charge in [-0.25, -0.2) is 4.98 Å². The van der Waals surface area contributed by atoms with E-state index in [9.17, 15) is 0 Å². The van der Waals surface area contributed by atoms with Crippen LogP contribution in [0.4, 0.5) is 0 Å². The number of aliphatic imine (C=N–C) groups is 1. The highest BCUT2D eigenvalue weighted by Crippen LogP contribution is 2.19. The third kappa shape index (κ3) is 5.41. The van der Waals surface area contributed by atoms with Gasteiger partial charge in [-0.15, -0.1) is 0 Å². The summed E-state index contributed by atoms with van der Waals surface area (Å²) in [4.78, 5) is 15.8. The lowest BCUT2D eigenvalue weighted by Gasteiger charge is -2.31. The predicted octanol–water partition coefficient (Wildman–Crippen LogP) is 3.42. The van der Waals surface area contributed by atoms with E-state index in [2.05, 4.69) is 48.7 Å². The van der Waals surface area contributed by atoms with Crippen LogP contribution in [-0.4, -0.2) is 47.5 Å². The first-order chi connectivity index (χ1) is 15.1. The molecular weight excluding hydrogens is 388 g/mol. The van der Waals surface area contributed by atoms with Gasteiger partial charge in [-0.1, -0.05) is 18.2 Å². The molecule has 3 aromatic rings. The number of para-hydroxylation sites is 1. The molecule has 0 atom stereocenters. The van der Waals surface area contributed by atoms with E-state index in [1.54, 1.807) is 0 Å². The number of likely N-dealkylation sites (tertiary alicyclic amines) is 1.